The van der Waals surface area contributed by atoms with E-state index in [0.717, 1.165) is 16.3 Å². The van der Waals surface area contributed by atoms with Crippen LogP contribution in [0.25, 0.3) is 16.9 Å². The van der Waals surface area contributed by atoms with Crippen LogP contribution in [0.1, 0.15) is 21.7 Å². The number of hydrogen-bond donors (Lipinski definition) is 2. The summed E-state index contributed by atoms with van der Waals surface area (Å²) in [5.74, 6) is 1.15. The van der Waals surface area contributed by atoms with E-state index in [2.05, 4.69) is 25.6 Å². The Morgan fingerprint density at radius 2 is 1.84 bits per heavy atom. The Balaban J connectivity index is 1.22. The molecular formula is C25H19N7O5. The molecule has 0 saturated heterocycles. The van der Waals surface area contributed by atoms with E-state index >= 15 is 0 Å². The number of nitrogens with zero attached hydrogens (tertiary/aromatic N) is 5. The number of amides is 1. The molecular weight excluding hydrogens is 478 g/mol. The van der Waals surface area contributed by atoms with Crippen molar-refractivity contribution in [3.63, 3.8) is 0 Å². The van der Waals surface area contributed by atoms with E-state index in [9.17, 15) is 14.4 Å². The third-order valence-electron chi connectivity index (χ3n) is 5.94. The lowest BCUT2D eigenvalue weighted by atomic mass is 10.1. The van der Waals surface area contributed by atoms with Gasteiger partial charge in [-0.2, -0.15) is 9.61 Å². The number of nitrogens with one attached hydrogen (secondary N) is 2. The number of H-pyrrole nitrogens is 1. The zero-order valence-electron chi connectivity index (χ0n) is 19.5. The highest BCUT2D eigenvalue weighted by molar-refractivity contribution is 6.03. The van der Waals surface area contributed by atoms with Crippen LogP contribution in [-0.2, 0) is 6.54 Å². The number of carbonyl (C=O) groups excluding carboxylic acids is 1. The molecule has 4 heterocycles. The minimum Gasteiger partial charge on any atom is -0.454 e. The van der Waals surface area contributed by atoms with Crippen molar-refractivity contribution in [2.45, 2.75) is 13.5 Å². The van der Waals surface area contributed by atoms with E-state index < -0.39 is 17.2 Å². The summed E-state index contributed by atoms with van der Waals surface area (Å²) in [6.07, 6.45) is 1.12. The van der Waals surface area contributed by atoms with E-state index in [0.29, 0.717) is 39.9 Å². The molecule has 1 aliphatic heterocycles. The Morgan fingerprint density at radius 3 is 2.68 bits per heavy atom. The monoisotopic (exact) mass is 497 g/mol. The van der Waals surface area contributed by atoms with Crippen LogP contribution in [-0.4, -0.2) is 42.1 Å². The van der Waals surface area contributed by atoms with Crippen molar-refractivity contribution in [1.82, 2.24) is 29.4 Å². The molecule has 12 nitrogen and oxygen atoms in total. The highest BCUT2D eigenvalue weighted by Gasteiger charge is 2.18. The van der Waals surface area contributed by atoms with Gasteiger partial charge in [-0.25, -0.2) is 4.79 Å². The number of fused-ring (bicyclic) bond motifs is 2. The predicted octanol–water partition coefficient (Wildman–Crippen LogP) is 1.98. The number of aromatic amines is 1. The van der Waals surface area contributed by atoms with Crippen molar-refractivity contribution in [1.29, 1.82) is 0 Å². The lowest BCUT2D eigenvalue weighted by Gasteiger charge is -2.09. The summed E-state index contributed by atoms with van der Waals surface area (Å²) in [7, 11) is 0. The van der Waals surface area contributed by atoms with Gasteiger partial charge in [0.2, 0.25) is 6.79 Å². The predicted molar refractivity (Wildman–Crippen MR) is 132 cm³/mol. The van der Waals surface area contributed by atoms with E-state index in [1.54, 1.807) is 47.0 Å². The molecule has 0 radical (unpaired) electrons. The molecule has 6 rings (SSSR count). The summed E-state index contributed by atoms with van der Waals surface area (Å²) in [4.78, 5) is 40.8. The summed E-state index contributed by atoms with van der Waals surface area (Å²) in [6.45, 7) is 1.89. The summed E-state index contributed by atoms with van der Waals surface area (Å²) in [5, 5.41) is 15.3. The molecule has 0 unspecified atom stereocenters. The van der Waals surface area contributed by atoms with Crippen molar-refractivity contribution in [3.8, 4) is 22.8 Å². The first kappa shape index (κ1) is 22.2. The van der Waals surface area contributed by atoms with Crippen molar-refractivity contribution >= 4 is 17.2 Å². The maximum Gasteiger partial charge on any atom is 0.328 e. The van der Waals surface area contributed by atoms with E-state index in [4.69, 9.17) is 9.47 Å². The normalized spacial score (nSPS) is 12.1. The first-order valence-electron chi connectivity index (χ1n) is 11.3. The van der Waals surface area contributed by atoms with Gasteiger partial charge in [-0.3, -0.25) is 14.2 Å². The fourth-order valence-electron chi connectivity index (χ4n) is 4.01. The third-order valence-corrected chi connectivity index (χ3v) is 5.94. The van der Waals surface area contributed by atoms with Gasteiger partial charge in [0.15, 0.2) is 23.0 Å². The summed E-state index contributed by atoms with van der Waals surface area (Å²) in [5.41, 5.74) is 1.77. The average molecular weight is 497 g/mol. The van der Waals surface area contributed by atoms with Gasteiger partial charge in [0, 0.05) is 17.4 Å². The van der Waals surface area contributed by atoms with E-state index in [1.807, 2.05) is 19.1 Å². The lowest BCUT2D eigenvalue weighted by molar-refractivity contribution is 0.102. The van der Waals surface area contributed by atoms with Crippen LogP contribution in [0.15, 0.2) is 70.4 Å². The third kappa shape index (κ3) is 4.10. The van der Waals surface area contributed by atoms with Crippen LogP contribution in [0.2, 0.25) is 0 Å². The molecule has 0 atom stereocenters. The van der Waals surface area contributed by atoms with Gasteiger partial charge in [0.05, 0.1) is 12.2 Å². The molecule has 5 aromatic rings. The Labute approximate surface area is 208 Å². The number of rotatable bonds is 5. The first-order chi connectivity index (χ1) is 18.0. The minimum atomic E-state index is -0.711. The van der Waals surface area contributed by atoms with Crippen molar-refractivity contribution in [2.24, 2.45) is 0 Å². The molecule has 184 valence electrons. The molecule has 1 amide bonds. The van der Waals surface area contributed by atoms with Crippen molar-refractivity contribution in [2.75, 3.05) is 12.1 Å². The standard InChI is InChI=1S/C25H19N7O5/c1-14-28-29-22-9-7-19(30-32(14)22)16-3-5-17(6-4-16)27-23(33)18-11-26-25(35)31(24(18)34)12-15-2-8-20-21(10-15)37-13-36-20/h2-11H,12-13H2,1H3,(H,26,35)(H,27,33). The van der Waals surface area contributed by atoms with Crippen LogP contribution in [0.5, 0.6) is 11.5 Å². The molecule has 2 aromatic carbocycles. The summed E-state index contributed by atoms with van der Waals surface area (Å²) in [6, 6.07) is 15.8. The van der Waals surface area contributed by atoms with Gasteiger partial charge >= 0.3 is 5.69 Å². The Bertz CT molecular complexity index is 1790. The molecule has 0 saturated carbocycles. The lowest BCUT2D eigenvalue weighted by Crippen LogP contribution is -2.39. The number of benzene rings is 2. The first-order valence-corrected chi connectivity index (χ1v) is 11.3. The maximum atomic E-state index is 13.0. The van der Waals surface area contributed by atoms with Crippen LogP contribution < -0.4 is 26.0 Å². The van der Waals surface area contributed by atoms with Crippen LogP contribution in [0.3, 0.4) is 0 Å². The van der Waals surface area contributed by atoms with Gasteiger partial charge in [-0.05, 0) is 48.9 Å². The SMILES string of the molecule is Cc1nnc2ccc(-c3ccc(NC(=O)c4c[nH]c(=O)n(Cc5ccc6c(c5)OCO6)c4=O)cc3)nn12. The minimum absolute atomic E-state index is 0.0378. The smallest absolute Gasteiger partial charge is 0.328 e. The summed E-state index contributed by atoms with van der Waals surface area (Å²) >= 11 is 0. The number of ether oxygens (including phenoxy) is 2. The van der Waals surface area contributed by atoms with E-state index in [1.165, 1.54) is 0 Å². The van der Waals surface area contributed by atoms with Gasteiger partial charge in [0.25, 0.3) is 11.5 Å². The zero-order valence-corrected chi connectivity index (χ0v) is 19.5. The topological polar surface area (TPSA) is 146 Å². The molecule has 2 N–H and O–H groups in total. The zero-order chi connectivity index (χ0) is 25.5. The molecule has 1 aliphatic rings. The second-order valence-corrected chi connectivity index (χ2v) is 8.35. The number of hydrogen-bond acceptors (Lipinski definition) is 8. The Kier molecular flexibility index (Phi) is 5.26. The quantitative estimate of drug-likeness (QED) is 0.375. The molecule has 0 spiro atoms. The fraction of sp³-hybridized carbons (Fsp3) is 0.120. The maximum absolute atomic E-state index is 13.0. The van der Waals surface area contributed by atoms with E-state index in [-0.39, 0.29) is 18.9 Å². The fourth-order valence-corrected chi connectivity index (χ4v) is 4.01. The highest BCUT2D eigenvalue weighted by Crippen LogP contribution is 2.32. The molecule has 37 heavy (non-hydrogen) atoms. The molecule has 3 aromatic heterocycles. The van der Waals surface area contributed by atoms with Gasteiger partial charge in [-0.1, -0.05) is 18.2 Å². The molecule has 12 heteroatoms. The number of anilines is 1. The number of carbonyl (C=O) groups is 1. The van der Waals surface area contributed by atoms with Crippen LogP contribution >= 0.6 is 0 Å². The largest absolute Gasteiger partial charge is 0.454 e. The number of aryl methyl sites for hydroxylation is 1. The molecule has 0 aliphatic carbocycles. The summed E-state index contributed by atoms with van der Waals surface area (Å²) < 4.78 is 13.3. The van der Waals surface area contributed by atoms with Gasteiger partial charge in [-0.15, -0.1) is 10.2 Å². The molecule has 0 fully saturated rings. The average Bonchev–Trinajstić information content (AvgIpc) is 3.53. The molecule has 0 bridgehead atoms. The highest BCUT2D eigenvalue weighted by atomic mass is 16.7. The Hall–Kier alpha value is -5.26. The van der Waals surface area contributed by atoms with Crippen molar-refractivity contribution in [3.05, 3.63) is 98.6 Å². The van der Waals surface area contributed by atoms with Crippen molar-refractivity contribution < 1.29 is 14.3 Å². The Morgan fingerprint density at radius 1 is 1.03 bits per heavy atom. The van der Waals surface area contributed by atoms with Crippen LogP contribution in [0, 0.1) is 6.92 Å². The van der Waals surface area contributed by atoms with Gasteiger partial charge < -0.3 is 19.8 Å². The number of aromatic nitrogens is 6. The second kappa shape index (κ2) is 8.75. The van der Waals surface area contributed by atoms with Crippen LogP contribution in [0.4, 0.5) is 5.69 Å². The van der Waals surface area contributed by atoms with Gasteiger partial charge in [0.1, 0.15) is 5.56 Å². The second-order valence-electron chi connectivity index (χ2n) is 8.35.